The Bertz CT molecular complexity index is 1180. The number of phenolic OH excluding ortho intramolecular Hbond substituents is 2. The van der Waals surface area contributed by atoms with Crippen LogP contribution in [0.1, 0.15) is 16.7 Å². The molecular weight excluding hydrogens is 427 g/mol. The molecule has 6 nitrogen and oxygen atoms in total. The first-order valence-corrected chi connectivity index (χ1v) is 9.93. The lowest BCUT2D eigenvalue weighted by Gasteiger charge is -2.07. The van der Waals surface area contributed by atoms with Gasteiger partial charge < -0.3 is 19.7 Å². The minimum Gasteiger partial charge on any atom is -0.504 e. The molecule has 0 aliphatic carbocycles. The van der Waals surface area contributed by atoms with Crippen LogP contribution in [0.4, 0.5) is 4.39 Å². The number of esters is 1. The maximum atomic E-state index is 14.3. The number of halogens is 1. The highest BCUT2D eigenvalue weighted by atomic mass is 19.1. The van der Waals surface area contributed by atoms with Crippen molar-refractivity contribution in [2.45, 2.75) is 6.61 Å². The number of hydrogen-bond donors (Lipinski definition) is 2. The molecule has 0 amide bonds. The highest BCUT2D eigenvalue weighted by molar-refractivity contribution is 5.88. The van der Waals surface area contributed by atoms with E-state index in [1.54, 1.807) is 12.1 Å². The molecule has 0 atom stereocenters. The summed E-state index contributed by atoms with van der Waals surface area (Å²) in [5.41, 5.74) is 2.10. The zero-order valence-electron chi connectivity index (χ0n) is 17.5. The van der Waals surface area contributed by atoms with Crippen LogP contribution in [0.15, 0.2) is 78.4 Å². The molecule has 0 bridgehead atoms. The fourth-order valence-electron chi connectivity index (χ4n) is 2.83. The van der Waals surface area contributed by atoms with Gasteiger partial charge in [-0.25, -0.2) is 9.18 Å². The number of carbonyl (C=O) groups excluding carboxylic acids is 2. The van der Waals surface area contributed by atoms with Crippen molar-refractivity contribution in [2.24, 2.45) is 0 Å². The lowest BCUT2D eigenvalue weighted by Crippen LogP contribution is -2.06. The normalized spacial score (nSPS) is 11.5. The van der Waals surface area contributed by atoms with Crippen molar-refractivity contribution in [3.05, 3.63) is 101 Å². The van der Waals surface area contributed by atoms with Gasteiger partial charge in [0.1, 0.15) is 6.29 Å². The van der Waals surface area contributed by atoms with Gasteiger partial charge in [0.05, 0.1) is 13.2 Å². The quantitative estimate of drug-likeness (QED) is 0.163. The fourth-order valence-corrected chi connectivity index (χ4v) is 2.83. The van der Waals surface area contributed by atoms with Crippen LogP contribution in [0.25, 0.3) is 12.2 Å². The summed E-state index contributed by atoms with van der Waals surface area (Å²) in [5.74, 6) is -2.20. The van der Waals surface area contributed by atoms with Crippen molar-refractivity contribution in [3.8, 4) is 17.2 Å². The van der Waals surface area contributed by atoms with Gasteiger partial charge in [0.25, 0.3) is 0 Å². The third kappa shape index (κ3) is 7.15. The lowest BCUT2D eigenvalue weighted by molar-refractivity contribution is -0.129. The first-order valence-electron chi connectivity index (χ1n) is 9.93. The number of ether oxygens (including phenoxy) is 2. The smallest absolute Gasteiger partial charge is 0.336 e. The molecule has 7 heteroatoms. The van der Waals surface area contributed by atoms with Gasteiger partial charge in [0.2, 0.25) is 0 Å². The van der Waals surface area contributed by atoms with Crippen LogP contribution < -0.4 is 4.74 Å². The molecule has 0 saturated heterocycles. The van der Waals surface area contributed by atoms with E-state index in [1.165, 1.54) is 42.5 Å². The highest BCUT2D eigenvalue weighted by Gasteiger charge is 2.09. The van der Waals surface area contributed by atoms with Gasteiger partial charge in [-0.05, 0) is 53.1 Å². The van der Waals surface area contributed by atoms with Crippen LogP contribution in [0.3, 0.4) is 0 Å². The number of rotatable bonds is 9. The molecule has 0 heterocycles. The largest absolute Gasteiger partial charge is 0.504 e. The first kappa shape index (κ1) is 23.4. The van der Waals surface area contributed by atoms with Gasteiger partial charge in [0.15, 0.2) is 23.1 Å². The van der Waals surface area contributed by atoms with Gasteiger partial charge in [0, 0.05) is 11.6 Å². The van der Waals surface area contributed by atoms with Crippen molar-refractivity contribution >= 4 is 24.4 Å². The molecule has 0 unspecified atom stereocenters. The number of hydrogen-bond acceptors (Lipinski definition) is 6. The van der Waals surface area contributed by atoms with E-state index in [9.17, 15) is 24.2 Å². The summed E-state index contributed by atoms with van der Waals surface area (Å²) in [6.45, 7) is -0.0289. The first-order chi connectivity index (χ1) is 15.9. The van der Waals surface area contributed by atoms with Gasteiger partial charge in [-0.1, -0.05) is 42.5 Å². The SMILES string of the molecule is O=C/C(=C\c1ccc(O)c(O)c1)COCc1ccc(OC(=O)/C=C/c2ccccc2)c(F)c1. The lowest BCUT2D eigenvalue weighted by atomic mass is 10.1. The summed E-state index contributed by atoms with van der Waals surface area (Å²) >= 11 is 0. The van der Waals surface area contributed by atoms with E-state index in [0.29, 0.717) is 17.4 Å². The second-order valence-corrected chi connectivity index (χ2v) is 7.01. The Hall–Kier alpha value is -4.23. The maximum Gasteiger partial charge on any atom is 0.336 e. The predicted molar refractivity (Wildman–Crippen MR) is 121 cm³/mol. The molecule has 3 aromatic rings. The van der Waals surface area contributed by atoms with Crippen molar-refractivity contribution < 1.29 is 33.7 Å². The van der Waals surface area contributed by atoms with E-state index in [-0.39, 0.29) is 36.0 Å². The highest BCUT2D eigenvalue weighted by Crippen LogP contribution is 2.26. The molecule has 3 aromatic carbocycles. The van der Waals surface area contributed by atoms with E-state index >= 15 is 0 Å². The van der Waals surface area contributed by atoms with E-state index in [1.807, 2.05) is 30.3 Å². The summed E-state index contributed by atoms with van der Waals surface area (Å²) in [4.78, 5) is 23.2. The molecule has 2 N–H and O–H groups in total. The van der Waals surface area contributed by atoms with Crippen molar-refractivity contribution in [3.63, 3.8) is 0 Å². The summed E-state index contributed by atoms with van der Waals surface area (Å²) in [6, 6.07) is 17.4. The van der Waals surface area contributed by atoms with Crippen LogP contribution >= 0.6 is 0 Å². The second kappa shape index (κ2) is 11.4. The topological polar surface area (TPSA) is 93.1 Å². The average molecular weight is 448 g/mol. The molecule has 33 heavy (non-hydrogen) atoms. The summed E-state index contributed by atoms with van der Waals surface area (Å²) in [7, 11) is 0. The molecule has 0 spiro atoms. The zero-order chi connectivity index (χ0) is 23.6. The van der Waals surface area contributed by atoms with Gasteiger partial charge in [-0.15, -0.1) is 0 Å². The molecule has 0 aromatic heterocycles. The van der Waals surface area contributed by atoms with Crippen LogP contribution in [-0.4, -0.2) is 29.1 Å². The molecular formula is C26H21FO6. The van der Waals surface area contributed by atoms with Crippen LogP contribution in [-0.2, 0) is 20.9 Å². The van der Waals surface area contributed by atoms with Crippen molar-refractivity contribution in [1.29, 1.82) is 0 Å². The third-order valence-corrected chi connectivity index (χ3v) is 4.46. The second-order valence-electron chi connectivity index (χ2n) is 7.01. The number of carbonyl (C=O) groups is 2. The van der Waals surface area contributed by atoms with Crippen LogP contribution in [0, 0.1) is 5.82 Å². The molecule has 0 saturated carbocycles. The number of aldehydes is 1. The monoisotopic (exact) mass is 448 g/mol. The Balaban J connectivity index is 1.54. The molecule has 0 aliphatic rings. The summed E-state index contributed by atoms with van der Waals surface area (Å²) in [5, 5.41) is 18.9. The number of benzene rings is 3. The zero-order valence-corrected chi connectivity index (χ0v) is 17.5. The van der Waals surface area contributed by atoms with E-state index in [2.05, 4.69) is 0 Å². The van der Waals surface area contributed by atoms with Crippen LogP contribution in [0.5, 0.6) is 17.2 Å². The molecule has 0 fully saturated rings. The van der Waals surface area contributed by atoms with Crippen LogP contribution in [0.2, 0.25) is 0 Å². The average Bonchev–Trinajstić information content (AvgIpc) is 2.81. The minimum atomic E-state index is -0.719. The standard InChI is InChI=1S/C26H21FO6/c27-22-13-20(7-10-25(22)33-26(31)11-8-18-4-2-1-3-5-18)16-32-17-21(15-28)12-19-6-9-23(29)24(30)14-19/h1-15,29-30H,16-17H2/b11-8+,21-12+. The predicted octanol–water partition coefficient (Wildman–Crippen LogP) is 4.65. The van der Waals surface area contributed by atoms with E-state index in [0.717, 1.165) is 5.56 Å². The van der Waals surface area contributed by atoms with Crippen molar-refractivity contribution in [1.82, 2.24) is 0 Å². The summed E-state index contributed by atoms with van der Waals surface area (Å²) < 4.78 is 24.8. The molecule has 3 rings (SSSR count). The molecule has 0 radical (unpaired) electrons. The Morgan fingerprint density at radius 1 is 0.939 bits per heavy atom. The Morgan fingerprint density at radius 2 is 1.73 bits per heavy atom. The van der Waals surface area contributed by atoms with E-state index in [4.69, 9.17) is 9.47 Å². The number of aromatic hydroxyl groups is 2. The Labute approximate surface area is 189 Å². The van der Waals surface area contributed by atoms with Gasteiger partial charge in [-0.3, -0.25) is 4.79 Å². The van der Waals surface area contributed by atoms with Gasteiger partial charge in [-0.2, -0.15) is 0 Å². The maximum absolute atomic E-state index is 14.3. The minimum absolute atomic E-state index is 0.0189. The Kier molecular flexibility index (Phi) is 8.10. The summed E-state index contributed by atoms with van der Waals surface area (Å²) in [6.07, 6.45) is 4.89. The van der Waals surface area contributed by atoms with E-state index < -0.39 is 11.8 Å². The molecule has 0 aliphatic heterocycles. The number of phenols is 2. The third-order valence-electron chi connectivity index (χ3n) is 4.46. The molecule has 168 valence electrons. The van der Waals surface area contributed by atoms with Gasteiger partial charge >= 0.3 is 5.97 Å². The van der Waals surface area contributed by atoms with Crippen molar-refractivity contribution in [2.75, 3.05) is 6.61 Å². The fraction of sp³-hybridized carbons (Fsp3) is 0.0769. The Morgan fingerprint density at radius 3 is 2.42 bits per heavy atom.